The molecule has 0 bridgehead atoms. The smallest absolute Gasteiger partial charge is 0.269 e. The number of piperidine rings is 5. The second-order valence-corrected chi connectivity index (χ2v) is 31.6. The molecule has 650 valence electrons. The third-order valence-electron chi connectivity index (χ3n) is 24.2. The van der Waals surface area contributed by atoms with Crippen molar-refractivity contribution in [1.29, 1.82) is 0 Å². The number of carbonyl (C=O) groups excluding carboxylic acids is 5. The minimum absolute atomic E-state index is 0.0110. The fourth-order valence-corrected chi connectivity index (χ4v) is 17.2. The average molecular weight is 1700 g/mol. The Morgan fingerprint density at radius 1 is 0.328 bits per heavy atom. The first-order valence-corrected chi connectivity index (χ1v) is 42.2. The molecule has 5 amide bonds. The van der Waals surface area contributed by atoms with Gasteiger partial charge in [0, 0.05) is 93.4 Å². The third kappa shape index (κ3) is 23.1. The van der Waals surface area contributed by atoms with Crippen LogP contribution in [0.4, 0.5) is 32.8 Å². The van der Waals surface area contributed by atoms with Gasteiger partial charge < -0.3 is 34.3 Å². The lowest BCUT2D eigenvalue weighted by Gasteiger charge is -2.38. The number of likely N-dealkylation sites (tertiary alicyclic amines) is 5. The molecule has 1 N–H and O–H groups in total. The number of methoxy groups -OCH3 is 1. The summed E-state index contributed by atoms with van der Waals surface area (Å²) in [6, 6.07) is 74.5. The zero-order chi connectivity index (χ0) is 89.4. The van der Waals surface area contributed by atoms with Crippen molar-refractivity contribution in [3.8, 4) is 5.75 Å². The van der Waals surface area contributed by atoms with Gasteiger partial charge in [-0.25, -0.2) is 4.39 Å². The Kier molecular flexibility index (Phi) is 32.3. The van der Waals surface area contributed by atoms with E-state index in [1.54, 1.807) is 84.8 Å². The van der Waals surface area contributed by atoms with E-state index in [2.05, 4.69) is 19.1 Å². The van der Waals surface area contributed by atoms with Crippen LogP contribution in [0.3, 0.4) is 0 Å². The quantitative estimate of drug-likeness (QED) is 0.0459. The summed E-state index contributed by atoms with van der Waals surface area (Å²) in [5.74, 6) is -0.539. The highest BCUT2D eigenvalue weighted by Crippen LogP contribution is 2.41. The molecular weight excluding hydrogens is 1600 g/mol. The summed E-state index contributed by atoms with van der Waals surface area (Å²) < 4.78 is 18.3. The van der Waals surface area contributed by atoms with Crippen molar-refractivity contribution in [3.05, 3.63) is 373 Å². The Bertz CT molecular complexity index is 5190. The molecule has 0 spiro atoms. The lowest BCUT2D eigenvalue weighted by atomic mass is 9.87. The molecule has 10 aromatic carbocycles. The van der Waals surface area contributed by atoms with Gasteiger partial charge in [-0.15, -0.1) is 0 Å². The molecule has 5 fully saturated rings. The number of nitrogens with zero attached hydrogens (tertiary/aromatic N) is 10. The van der Waals surface area contributed by atoms with Gasteiger partial charge >= 0.3 is 0 Å². The van der Waals surface area contributed by atoms with Crippen LogP contribution < -0.4 is 4.74 Å². The summed E-state index contributed by atoms with van der Waals surface area (Å²) in [5.41, 5.74) is 9.45. The van der Waals surface area contributed by atoms with Crippen molar-refractivity contribution >= 4 is 58.0 Å². The van der Waals surface area contributed by atoms with Crippen molar-refractivity contribution in [2.45, 2.75) is 158 Å². The number of aliphatic hydroxyl groups excluding tert-OH is 1. The van der Waals surface area contributed by atoms with Gasteiger partial charge in [0.05, 0.1) is 98.1 Å². The van der Waals surface area contributed by atoms with Gasteiger partial charge in [-0.2, -0.15) is 0 Å². The van der Waals surface area contributed by atoms with E-state index in [0.717, 1.165) is 145 Å². The van der Waals surface area contributed by atoms with E-state index in [9.17, 15) is 84.0 Å². The predicted molar refractivity (Wildman–Crippen MR) is 471 cm³/mol. The van der Waals surface area contributed by atoms with Crippen molar-refractivity contribution in [2.24, 2.45) is 0 Å². The van der Waals surface area contributed by atoms with Crippen LogP contribution in [-0.4, -0.2) is 130 Å². The number of aliphatic hydroxyl groups is 1. The van der Waals surface area contributed by atoms with Gasteiger partial charge in [0.15, 0.2) is 0 Å². The molecule has 10 aromatic rings. The molecule has 0 aromatic heterocycles. The van der Waals surface area contributed by atoms with Gasteiger partial charge in [0.2, 0.25) is 29.5 Å². The molecule has 5 heterocycles. The first-order valence-electron chi connectivity index (χ1n) is 42.2. The zero-order valence-corrected chi connectivity index (χ0v) is 70.4. The lowest BCUT2D eigenvalue weighted by molar-refractivity contribution is -0.385. The average Bonchev–Trinajstić information content (AvgIpc) is 0.814. The van der Waals surface area contributed by atoms with Gasteiger partial charge in [-0.1, -0.05) is 183 Å². The highest BCUT2D eigenvalue weighted by atomic mass is 19.1. The van der Waals surface area contributed by atoms with Gasteiger partial charge in [0.1, 0.15) is 11.6 Å². The molecule has 125 heavy (non-hydrogen) atoms. The fraction of sp³-hybridized carbons (Fsp3) is 0.330. The first-order chi connectivity index (χ1) is 60.3. The fourth-order valence-electron chi connectivity index (χ4n) is 17.2. The Hall–Kier alpha value is -13.8. The normalized spacial score (nSPS) is 18.8. The molecule has 28 heteroatoms. The summed E-state index contributed by atoms with van der Waals surface area (Å²) in [5, 5.41) is 63.8. The molecule has 5 aliphatic rings. The Morgan fingerprint density at radius 2 is 0.552 bits per heavy atom. The van der Waals surface area contributed by atoms with Crippen LogP contribution in [0.2, 0.25) is 0 Å². The monoisotopic (exact) mass is 1700 g/mol. The summed E-state index contributed by atoms with van der Waals surface area (Å²) in [4.78, 5) is 126. The summed E-state index contributed by atoms with van der Waals surface area (Å²) in [6.45, 7) is 11.4. The van der Waals surface area contributed by atoms with Gasteiger partial charge in [-0.05, 0) is 171 Å². The van der Waals surface area contributed by atoms with Crippen molar-refractivity contribution in [3.63, 3.8) is 0 Å². The second-order valence-electron chi connectivity index (χ2n) is 31.6. The first kappa shape index (κ1) is 92.0. The topological polar surface area (TPSA) is 347 Å². The van der Waals surface area contributed by atoms with Crippen LogP contribution >= 0.6 is 0 Å². The van der Waals surface area contributed by atoms with Gasteiger partial charge in [0.25, 0.3) is 28.4 Å². The van der Waals surface area contributed by atoms with E-state index in [1.807, 2.05) is 143 Å². The number of hydrogen-bond donors (Lipinski definition) is 1. The largest absolute Gasteiger partial charge is 0.497 e. The van der Waals surface area contributed by atoms with Crippen LogP contribution in [0.25, 0.3) is 0 Å². The van der Waals surface area contributed by atoms with Crippen LogP contribution in [0.15, 0.2) is 261 Å². The number of ether oxygens (including phenoxy) is 1. The Morgan fingerprint density at radius 3 is 0.800 bits per heavy atom. The number of hydrogen-bond acceptors (Lipinski definition) is 17. The number of amides is 5. The summed E-state index contributed by atoms with van der Waals surface area (Å²) in [6.07, 6.45) is 9.12. The highest BCUT2D eigenvalue weighted by Gasteiger charge is 2.40. The molecule has 0 radical (unpaired) electrons. The summed E-state index contributed by atoms with van der Waals surface area (Å²) >= 11 is 0. The van der Waals surface area contributed by atoms with Crippen LogP contribution in [0.1, 0.15) is 214 Å². The predicted octanol–water partition coefficient (Wildman–Crippen LogP) is 19.8. The van der Waals surface area contributed by atoms with Crippen LogP contribution in [0.5, 0.6) is 5.75 Å². The van der Waals surface area contributed by atoms with E-state index in [-0.39, 0.29) is 130 Å². The Balaban J connectivity index is 0.000000152. The van der Waals surface area contributed by atoms with E-state index in [4.69, 9.17) is 4.74 Å². The maximum absolute atomic E-state index is 13.1. The molecule has 27 nitrogen and oxygen atoms in total. The van der Waals surface area contributed by atoms with E-state index >= 15 is 0 Å². The van der Waals surface area contributed by atoms with Gasteiger partial charge in [-0.3, -0.25) is 74.5 Å². The van der Waals surface area contributed by atoms with Crippen molar-refractivity contribution in [2.75, 3.05) is 46.4 Å². The van der Waals surface area contributed by atoms with Crippen LogP contribution in [0, 0.1) is 56.4 Å². The molecule has 0 saturated carbocycles. The number of benzene rings is 10. The number of halogens is 1. The zero-order valence-electron chi connectivity index (χ0n) is 70.4. The maximum atomic E-state index is 13.1. The number of non-ortho nitro benzene ring substituents is 5. The lowest BCUT2D eigenvalue weighted by Crippen LogP contribution is -2.43. The molecule has 5 aliphatic heterocycles. The molecule has 0 unspecified atom stereocenters. The third-order valence-corrected chi connectivity index (χ3v) is 24.2. The van der Waals surface area contributed by atoms with E-state index in [0.29, 0.717) is 19.5 Å². The van der Waals surface area contributed by atoms with Crippen molar-refractivity contribution < 1.29 is 62.8 Å². The minimum Gasteiger partial charge on any atom is -0.497 e. The second kappa shape index (κ2) is 43.8. The molecule has 0 aliphatic carbocycles. The van der Waals surface area contributed by atoms with Crippen LogP contribution in [-0.2, 0) is 24.0 Å². The highest BCUT2D eigenvalue weighted by molar-refractivity contribution is 5.88. The SMILES string of the molecule is CC[C@@H](c1ccccc1)N1CCC[C@@H](c2ccc([N+](=O)[O-])cc2)C1=O.COc1ccc([C@H](C)N2CCC[C@@H](c3ccc([N+](=O)[O-])cc3)C2=O)cc1.C[C@@H](c1ccc(F)cc1)N1CCC[C@@H](c2ccc([N+](=O)[O-])cc2)C1=O.C[C@@H](c1ccccc1)N1CCC[C@@H](c2ccc([N+](=O)[O-])cc2)C1=O.O=C1[C@H](c2ccc([N+](=O)[O-])cc2)CCCN1[C@@H](CO)c1ccccc1. The molecular formula is C97H103FN10O17. The maximum Gasteiger partial charge on any atom is 0.269 e. The molecule has 15 rings (SSSR count). The molecule has 5 saturated heterocycles. The standard InChI is InChI=1S/C20H22N2O4.C20H22N2O3.C19H19FN2O3.C19H20N2O4.C19H20N2O3/c1-14(15-7-11-18(26-2)12-8-15)21-13-3-4-19(20(21)23)16-5-9-17(10-6-16)22(24)25;1-2-19(16-7-4-3-5-8-16)21-14-6-9-18(20(21)23)15-10-12-17(13-11-15)22(24)25;1-13(14-4-8-16(20)9-5-14)21-12-2-3-18(19(21)23)15-6-10-17(11-7-15)22(24)25;22-13-18(15-5-2-1-3-6-15)20-12-4-7-17(19(20)23)14-8-10-16(11-9-14)21(24)25;1-14(15-6-3-2-4-7-15)20-13-5-8-18(19(20)22)16-9-11-17(12-10-16)21(23)24/h5-12,14,19H,3-4,13H2,1-2H3;3-5,7-8,10-13,18-19H,2,6,9,14H2,1H3;4-11,13,18H,2-3,12H2,1H3;1-3,5-6,8-11,17-18,22H,4,7,12-13H2;2-4,6-7,9-12,14,18H,5,8,13H2,1H3/t14-,19-;18-,19-;13-,18-;17-,18-;14-,18-/m00000/s1. The number of rotatable bonds is 23. The molecule has 10 atom stereocenters. The number of carbonyl (C=O) groups is 5. The van der Waals surface area contributed by atoms with E-state index < -0.39 is 24.6 Å². The minimum atomic E-state index is -0.449. The number of nitro benzene ring substituents is 5. The Labute approximate surface area is 724 Å². The van der Waals surface area contributed by atoms with E-state index in [1.165, 1.54) is 72.8 Å². The summed E-state index contributed by atoms with van der Waals surface area (Å²) in [7, 11) is 1.63. The number of nitro groups is 5. The van der Waals surface area contributed by atoms with Crippen molar-refractivity contribution in [1.82, 2.24) is 24.5 Å².